The molecule has 1 unspecified atom stereocenters. The number of amides is 1. The fourth-order valence-electron chi connectivity index (χ4n) is 3.41. The number of carbonyl (C=O) groups is 1. The quantitative estimate of drug-likeness (QED) is 0.717. The smallest absolute Gasteiger partial charge is 0.263 e. The van der Waals surface area contributed by atoms with Gasteiger partial charge in [0.05, 0.1) is 5.02 Å². The van der Waals surface area contributed by atoms with Gasteiger partial charge in [0.15, 0.2) is 6.10 Å². The molecule has 1 heterocycles. The van der Waals surface area contributed by atoms with Gasteiger partial charge in [-0.25, -0.2) is 0 Å². The SMILES string of the molecule is CC(Oc1ccccc1Cl)C(=O)N(C)Cc1ccc(N2CCCCC2)cc1. The van der Waals surface area contributed by atoms with Gasteiger partial charge in [-0.3, -0.25) is 4.79 Å². The van der Waals surface area contributed by atoms with Gasteiger partial charge in [-0.1, -0.05) is 35.9 Å². The maximum absolute atomic E-state index is 12.6. The van der Waals surface area contributed by atoms with E-state index in [1.165, 1.54) is 24.9 Å². The molecule has 4 nitrogen and oxygen atoms in total. The third-order valence-electron chi connectivity index (χ3n) is 4.94. The molecule has 1 atom stereocenters. The number of rotatable bonds is 6. The van der Waals surface area contributed by atoms with Gasteiger partial charge in [0.2, 0.25) is 0 Å². The van der Waals surface area contributed by atoms with Crippen LogP contribution in [0.4, 0.5) is 5.69 Å². The molecule has 0 spiro atoms. The van der Waals surface area contributed by atoms with Crippen LogP contribution in [0.2, 0.25) is 5.02 Å². The molecule has 2 aromatic carbocycles. The minimum Gasteiger partial charge on any atom is -0.479 e. The Morgan fingerprint density at radius 3 is 2.44 bits per heavy atom. The number of nitrogens with zero attached hydrogens (tertiary/aromatic N) is 2. The molecule has 0 radical (unpaired) electrons. The zero-order valence-corrected chi connectivity index (χ0v) is 16.8. The van der Waals surface area contributed by atoms with E-state index in [1.54, 1.807) is 31.0 Å². The van der Waals surface area contributed by atoms with E-state index in [1.807, 2.05) is 12.1 Å². The molecular weight excluding hydrogens is 360 g/mol. The predicted octanol–water partition coefficient (Wildman–Crippen LogP) is 4.76. The molecule has 27 heavy (non-hydrogen) atoms. The van der Waals surface area contributed by atoms with Gasteiger partial charge in [0.25, 0.3) is 5.91 Å². The number of piperidine rings is 1. The molecule has 3 rings (SSSR count). The highest BCUT2D eigenvalue weighted by Crippen LogP contribution is 2.25. The minimum atomic E-state index is -0.595. The number of para-hydroxylation sites is 1. The van der Waals surface area contributed by atoms with E-state index < -0.39 is 6.10 Å². The lowest BCUT2D eigenvalue weighted by Crippen LogP contribution is -2.37. The number of ether oxygens (including phenoxy) is 1. The van der Waals surface area contributed by atoms with Crippen LogP contribution in [0.3, 0.4) is 0 Å². The summed E-state index contributed by atoms with van der Waals surface area (Å²) < 4.78 is 5.73. The average Bonchev–Trinajstić information content (AvgIpc) is 2.70. The first-order valence-electron chi connectivity index (χ1n) is 9.54. The molecule has 1 aliphatic heterocycles. The highest BCUT2D eigenvalue weighted by molar-refractivity contribution is 6.32. The summed E-state index contributed by atoms with van der Waals surface area (Å²) in [5.74, 6) is 0.453. The molecule has 1 amide bonds. The van der Waals surface area contributed by atoms with Crippen LogP contribution in [0.15, 0.2) is 48.5 Å². The predicted molar refractivity (Wildman–Crippen MR) is 111 cm³/mol. The second-order valence-corrected chi connectivity index (χ2v) is 7.51. The number of carbonyl (C=O) groups excluding carboxylic acids is 1. The summed E-state index contributed by atoms with van der Waals surface area (Å²) in [6, 6.07) is 15.7. The van der Waals surface area contributed by atoms with Crippen LogP contribution in [0, 0.1) is 0 Å². The summed E-state index contributed by atoms with van der Waals surface area (Å²) >= 11 is 6.11. The first-order chi connectivity index (χ1) is 13.0. The molecule has 2 aromatic rings. The number of hydrogen-bond acceptors (Lipinski definition) is 3. The number of anilines is 1. The Bertz CT molecular complexity index is 757. The highest BCUT2D eigenvalue weighted by atomic mass is 35.5. The Morgan fingerprint density at radius 1 is 1.11 bits per heavy atom. The fraction of sp³-hybridized carbons (Fsp3) is 0.409. The van der Waals surface area contributed by atoms with Crippen LogP contribution in [0.25, 0.3) is 0 Å². The Kier molecular flexibility index (Phi) is 6.62. The third kappa shape index (κ3) is 5.16. The topological polar surface area (TPSA) is 32.8 Å². The zero-order chi connectivity index (χ0) is 19.2. The normalized spacial score (nSPS) is 15.3. The molecule has 1 saturated heterocycles. The summed E-state index contributed by atoms with van der Waals surface area (Å²) in [5, 5.41) is 0.508. The van der Waals surface area contributed by atoms with Crippen LogP contribution in [0.1, 0.15) is 31.7 Å². The molecule has 0 aromatic heterocycles. The summed E-state index contributed by atoms with van der Waals surface area (Å²) in [5.41, 5.74) is 2.37. The lowest BCUT2D eigenvalue weighted by atomic mass is 10.1. The Hall–Kier alpha value is -2.20. The molecule has 0 N–H and O–H groups in total. The van der Waals surface area contributed by atoms with Crippen molar-refractivity contribution >= 4 is 23.2 Å². The Balaban J connectivity index is 1.56. The molecule has 0 bridgehead atoms. The van der Waals surface area contributed by atoms with Crippen molar-refractivity contribution < 1.29 is 9.53 Å². The molecule has 5 heteroatoms. The van der Waals surface area contributed by atoms with Crippen molar-refractivity contribution in [3.63, 3.8) is 0 Å². The van der Waals surface area contributed by atoms with Crippen LogP contribution in [0.5, 0.6) is 5.75 Å². The van der Waals surface area contributed by atoms with Gasteiger partial charge in [0, 0.05) is 32.4 Å². The summed E-state index contributed by atoms with van der Waals surface area (Å²) in [4.78, 5) is 16.8. The molecule has 1 fully saturated rings. The van der Waals surface area contributed by atoms with Crippen LogP contribution >= 0.6 is 11.6 Å². The van der Waals surface area contributed by atoms with Gasteiger partial charge in [-0.05, 0) is 56.0 Å². The first-order valence-corrected chi connectivity index (χ1v) is 9.92. The number of likely N-dealkylation sites (N-methyl/N-ethyl adjacent to an activating group) is 1. The summed E-state index contributed by atoms with van der Waals surface area (Å²) in [6.45, 7) is 4.57. The van der Waals surface area contributed by atoms with Gasteiger partial charge in [-0.15, -0.1) is 0 Å². The van der Waals surface area contributed by atoms with Crippen molar-refractivity contribution in [2.75, 3.05) is 25.0 Å². The summed E-state index contributed by atoms with van der Waals surface area (Å²) in [7, 11) is 1.80. The van der Waals surface area contributed by atoms with E-state index in [-0.39, 0.29) is 5.91 Å². The van der Waals surface area contributed by atoms with E-state index in [4.69, 9.17) is 16.3 Å². The highest BCUT2D eigenvalue weighted by Gasteiger charge is 2.20. The molecule has 144 valence electrons. The summed E-state index contributed by atoms with van der Waals surface area (Å²) in [6.07, 6.45) is 3.27. The lowest BCUT2D eigenvalue weighted by molar-refractivity contribution is -0.137. The van der Waals surface area contributed by atoms with E-state index in [0.29, 0.717) is 17.3 Å². The molecule has 0 saturated carbocycles. The standard InChI is InChI=1S/C22H27ClN2O2/c1-17(27-21-9-5-4-8-20(21)23)22(26)24(2)16-18-10-12-19(13-11-18)25-14-6-3-7-15-25/h4-5,8-13,17H,3,6-7,14-16H2,1-2H3. The van der Waals surface area contributed by atoms with Crippen molar-refractivity contribution in [3.05, 3.63) is 59.1 Å². The fourth-order valence-corrected chi connectivity index (χ4v) is 3.59. The minimum absolute atomic E-state index is 0.0740. The van der Waals surface area contributed by atoms with E-state index >= 15 is 0 Å². The van der Waals surface area contributed by atoms with Crippen LogP contribution in [-0.2, 0) is 11.3 Å². The van der Waals surface area contributed by atoms with Gasteiger partial charge in [0.1, 0.15) is 5.75 Å². The monoisotopic (exact) mass is 386 g/mol. The second-order valence-electron chi connectivity index (χ2n) is 7.10. The van der Waals surface area contributed by atoms with Gasteiger partial charge >= 0.3 is 0 Å². The molecule has 0 aliphatic carbocycles. The Labute approximate surface area is 166 Å². The second kappa shape index (κ2) is 9.14. The van der Waals surface area contributed by atoms with E-state index in [9.17, 15) is 4.79 Å². The van der Waals surface area contributed by atoms with Crippen molar-refractivity contribution in [1.82, 2.24) is 4.90 Å². The van der Waals surface area contributed by atoms with Gasteiger partial charge in [-0.2, -0.15) is 0 Å². The zero-order valence-electron chi connectivity index (χ0n) is 16.0. The maximum atomic E-state index is 12.6. The van der Waals surface area contributed by atoms with E-state index in [2.05, 4.69) is 29.2 Å². The lowest BCUT2D eigenvalue weighted by Gasteiger charge is -2.29. The van der Waals surface area contributed by atoms with Crippen molar-refractivity contribution in [1.29, 1.82) is 0 Å². The third-order valence-corrected chi connectivity index (χ3v) is 5.25. The maximum Gasteiger partial charge on any atom is 0.263 e. The van der Waals surface area contributed by atoms with Crippen LogP contribution in [-0.4, -0.2) is 37.0 Å². The largest absolute Gasteiger partial charge is 0.479 e. The van der Waals surface area contributed by atoms with Gasteiger partial charge < -0.3 is 14.5 Å². The Morgan fingerprint density at radius 2 is 1.78 bits per heavy atom. The molecular formula is C22H27ClN2O2. The van der Waals surface area contributed by atoms with Crippen molar-refractivity contribution in [2.45, 2.75) is 38.8 Å². The average molecular weight is 387 g/mol. The van der Waals surface area contributed by atoms with Crippen molar-refractivity contribution in [3.8, 4) is 5.75 Å². The number of hydrogen-bond donors (Lipinski definition) is 0. The first kappa shape index (κ1) is 19.6. The van der Waals surface area contributed by atoms with E-state index in [0.717, 1.165) is 18.7 Å². The number of benzene rings is 2. The van der Waals surface area contributed by atoms with Crippen LogP contribution < -0.4 is 9.64 Å². The number of halogens is 1. The molecule has 1 aliphatic rings. The van der Waals surface area contributed by atoms with Crippen molar-refractivity contribution in [2.24, 2.45) is 0 Å².